The molecule has 0 radical (unpaired) electrons. The number of rotatable bonds is 2. The Morgan fingerprint density at radius 2 is 1.92 bits per heavy atom. The van der Waals surface area contributed by atoms with Gasteiger partial charge in [0.25, 0.3) is 0 Å². The van der Waals surface area contributed by atoms with Crippen molar-refractivity contribution < 1.29 is 4.74 Å². The molecule has 2 rings (SSSR count). The van der Waals surface area contributed by atoms with E-state index < -0.39 is 0 Å². The van der Waals surface area contributed by atoms with Crippen LogP contribution in [0.5, 0.6) is 0 Å². The maximum atomic E-state index is 5.72. The van der Waals surface area contributed by atoms with Crippen molar-refractivity contribution in [1.82, 2.24) is 0 Å². The predicted octanol–water partition coefficient (Wildman–Crippen LogP) is 3.02. The van der Waals surface area contributed by atoms with Crippen molar-refractivity contribution in [2.75, 3.05) is 11.0 Å². The van der Waals surface area contributed by atoms with Crippen molar-refractivity contribution in [3.63, 3.8) is 0 Å². The van der Waals surface area contributed by atoms with Crippen LogP contribution in [0.15, 0.2) is 0 Å². The molecule has 1 aliphatic carbocycles. The van der Waals surface area contributed by atoms with Crippen LogP contribution < -0.4 is 0 Å². The largest absolute Gasteiger partial charge is 0.377 e. The van der Waals surface area contributed by atoms with Crippen LogP contribution in [0.4, 0.5) is 0 Å². The molecule has 2 aliphatic rings. The van der Waals surface area contributed by atoms with Gasteiger partial charge in [0.05, 0.1) is 12.7 Å². The Labute approximate surface area is 88.4 Å². The molecule has 0 amide bonds. The molecule has 0 aromatic heterocycles. The van der Waals surface area contributed by atoms with E-state index in [-0.39, 0.29) is 0 Å². The summed E-state index contributed by atoms with van der Waals surface area (Å²) in [6.45, 7) is 1.05. The highest BCUT2D eigenvalue weighted by molar-refractivity contribution is 14.1. The van der Waals surface area contributed by atoms with Gasteiger partial charge < -0.3 is 4.74 Å². The third-order valence-electron chi connectivity index (χ3n) is 3.35. The lowest BCUT2D eigenvalue weighted by molar-refractivity contribution is 0.120. The quantitative estimate of drug-likeness (QED) is 0.558. The summed E-state index contributed by atoms with van der Waals surface area (Å²) in [4.78, 5) is 0. The van der Waals surface area contributed by atoms with Gasteiger partial charge in [-0.25, -0.2) is 0 Å². The third-order valence-corrected chi connectivity index (χ3v) is 4.33. The van der Waals surface area contributed by atoms with Gasteiger partial charge in [-0.2, -0.15) is 0 Å². The Balaban J connectivity index is 1.81. The topological polar surface area (TPSA) is 9.23 Å². The van der Waals surface area contributed by atoms with E-state index in [2.05, 4.69) is 22.6 Å². The van der Waals surface area contributed by atoms with Gasteiger partial charge in [-0.15, -0.1) is 0 Å². The molecule has 70 valence electrons. The number of hydrogen-bond acceptors (Lipinski definition) is 1. The molecule has 1 saturated carbocycles. The van der Waals surface area contributed by atoms with E-state index in [1.807, 2.05) is 0 Å². The molecular formula is C10H17IO. The van der Waals surface area contributed by atoms with Crippen LogP contribution >= 0.6 is 22.6 Å². The van der Waals surface area contributed by atoms with E-state index in [0.717, 1.165) is 18.4 Å². The monoisotopic (exact) mass is 280 g/mol. The van der Waals surface area contributed by atoms with E-state index in [4.69, 9.17) is 4.74 Å². The van der Waals surface area contributed by atoms with Crippen molar-refractivity contribution in [3.8, 4) is 0 Å². The smallest absolute Gasteiger partial charge is 0.0668 e. The summed E-state index contributed by atoms with van der Waals surface area (Å²) in [5.74, 6) is 1.92. The molecule has 0 spiro atoms. The Hall–Kier alpha value is 0.690. The minimum atomic E-state index is 0.580. The SMILES string of the molecule is ICC1CC(C2CCCC2)CO1. The Bertz CT molecular complexity index is 143. The lowest BCUT2D eigenvalue weighted by Gasteiger charge is -2.15. The highest BCUT2D eigenvalue weighted by Gasteiger charge is 2.32. The minimum absolute atomic E-state index is 0.580. The minimum Gasteiger partial charge on any atom is -0.377 e. The summed E-state index contributed by atoms with van der Waals surface area (Å²) in [7, 11) is 0. The Morgan fingerprint density at radius 3 is 2.50 bits per heavy atom. The van der Waals surface area contributed by atoms with Gasteiger partial charge in [-0.05, 0) is 18.3 Å². The van der Waals surface area contributed by atoms with E-state index in [1.54, 1.807) is 0 Å². The lowest BCUT2D eigenvalue weighted by Crippen LogP contribution is -2.11. The molecule has 1 aliphatic heterocycles. The van der Waals surface area contributed by atoms with Gasteiger partial charge in [0.1, 0.15) is 0 Å². The van der Waals surface area contributed by atoms with Crippen molar-refractivity contribution in [3.05, 3.63) is 0 Å². The first-order valence-corrected chi connectivity index (χ1v) is 6.60. The van der Waals surface area contributed by atoms with Crippen LogP contribution in [0.1, 0.15) is 32.1 Å². The van der Waals surface area contributed by atoms with Crippen LogP contribution in [0.2, 0.25) is 0 Å². The Morgan fingerprint density at radius 1 is 1.17 bits per heavy atom. The number of hydrogen-bond donors (Lipinski definition) is 0. The van der Waals surface area contributed by atoms with E-state index in [9.17, 15) is 0 Å². The fourth-order valence-electron chi connectivity index (χ4n) is 2.60. The van der Waals surface area contributed by atoms with Crippen LogP contribution in [-0.2, 0) is 4.74 Å². The van der Waals surface area contributed by atoms with Gasteiger partial charge in [-0.1, -0.05) is 48.3 Å². The van der Waals surface area contributed by atoms with Gasteiger partial charge in [0, 0.05) is 4.43 Å². The molecule has 1 nitrogen and oxygen atoms in total. The molecule has 2 atom stereocenters. The molecular weight excluding hydrogens is 263 g/mol. The molecule has 12 heavy (non-hydrogen) atoms. The average molecular weight is 280 g/mol. The van der Waals surface area contributed by atoms with E-state index in [1.165, 1.54) is 36.5 Å². The maximum Gasteiger partial charge on any atom is 0.0668 e. The number of alkyl halides is 1. The molecule has 0 aromatic rings. The second kappa shape index (κ2) is 4.27. The molecule has 1 heterocycles. The normalized spacial score (nSPS) is 37.8. The zero-order valence-corrected chi connectivity index (χ0v) is 9.63. The van der Waals surface area contributed by atoms with Crippen molar-refractivity contribution >= 4 is 22.6 Å². The summed E-state index contributed by atoms with van der Waals surface area (Å²) in [5, 5.41) is 0. The predicted molar refractivity (Wildman–Crippen MR) is 58.7 cm³/mol. The third kappa shape index (κ3) is 1.95. The molecule has 0 bridgehead atoms. The molecule has 2 unspecified atom stereocenters. The summed E-state index contributed by atoms with van der Waals surface area (Å²) in [6, 6.07) is 0. The first kappa shape index (κ1) is 9.25. The van der Waals surface area contributed by atoms with Crippen LogP contribution in [0.3, 0.4) is 0 Å². The summed E-state index contributed by atoms with van der Waals surface area (Å²) >= 11 is 2.44. The zero-order chi connectivity index (χ0) is 8.39. The molecule has 2 heteroatoms. The van der Waals surface area contributed by atoms with Crippen molar-refractivity contribution in [2.24, 2.45) is 11.8 Å². The average Bonchev–Trinajstić information content (AvgIpc) is 2.75. The summed E-state index contributed by atoms with van der Waals surface area (Å²) in [6.07, 6.45) is 7.81. The van der Waals surface area contributed by atoms with Crippen LogP contribution in [0.25, 0.3) is 0 Å². The van der Waals surface area contributed by atoms with E-state index >= 15 is 0 Å². The van der Waals surface area contributed by atoms with Crippen molar-refractivity contribution in [1.29, 1.82) is 0 Å². The Kier molecular flexibility index (Phi) is 3.29. The molecule has 0 N–H and O–H groups in total. The van der Waals surface area contributed by atoms with Gasteiger partial charge in [0.2, 0.25) is 0 Å². The van der Waals surface area contributed by atoms with Crippen LogP contribution in [0, 0.1) is 11.8 Å². The lowest BCUT2D eigenvalue weighted by atomic mass is 9.89. The molecule has 1 saturated heterocycles. The fourth-order valence-corrected chi connectivity index (χ4v) is 3.21. The van der Waals surface area contributed by atoms with Gasteiger partial charge in [0.15, 0.2) is 0 Å². The van der Waals surface area contributed by atoms with Gasteiger partial charge >= 0.3 is 0 Å². The molecule has 0 aromatic carbocycles. The first-order chi connectivity index (χ1) is 5.90. The van der Waals surface area contributed by atoms with Gasteiger partial charge in [-0.3, -0.25) is 0 Å². The second-order valence-corrected chi connectivity index (χ2v) is 5.03. The van der Waals surface area contributed by atoms with Crippen molar-refractivity contribution in [2.45, 2.75) is 38.2 Å². The van der Waals surface area contributed by atoms with Crippen LogP contribution in [-0.4, -0.2) is 17.1 Å². The highest BCUT2D eigenvalue weighted by Crippen LogP contribution is 2.37. The fraction of sp³-hybridized carbons (Fsp3) is 1.00. The first-order valence-electron chi connectivity index (χ1n) is 5.07. The standard InChI is InChI=1S/C10H17IO/c11-6-10-5-9(7-12-10)8-3-1-2-4-8/h8-10H,1-7H2. The maximum absolute atomic E-state index is 5.72. The second-order valence-electron chi connectivity index (χ2n) is 4.15. The highest BCUT2D eigenvalue weighted by atomic mass is 127. The molecule has 2 fully saturated rings. The summed E-state index contributed by atoms with van der Waals surface area (Å²) in [5.41, 5.74) is 0. The zero-order valence-electron chi connectivity index (χ0n) is 7.47. The summed E-state index contributed by atoms with van der Waals surface area (Å²) < 4.78 is 6.90. The number of halogens is 1. The van der Waals surface area contributed by atoms with E-state index in [0.29, 0.717) is 6.10 Å². The number of ether oxygens (including phenoxy) is 1.